The molecule has 0 aromatic carbocycles. The van der Waals surface area contributed by atoms with E-state index in [0.29, 0.717) is 6.04 Å². The van der Waals surface area contributed by atoms with Crippen molar-refractivity contribution in [1.82, 2.24) is 15.2 Å². The van der Waals surface area contributed by atoms with Crippen LogP contribution in [0, 0.1) is 6.92 Å². The summed E-state index contributed by atoms with van der Waals surface area (Å²) in [5.74, 6) is 0. The molecular weight excluding hydrogens is 198 g/mol. The van der Waals surface area contributed by atoms with E-state index in [1.54, 1.807) is 0 Å². The average Bonchev–Trinajstić information content (AvgIpc) is 2.66. The summed E-state index contributed by atoms with van der Waals surface area (Å²) in [4.78, 5) is 7.03. The van der Waals surface area contributed by atoms with Crippen LogP contribution >= 0.6 is 0 Å². The van der Waals surface area contributed by atoms with Gasteiger partial charge in [-0.3, -0.25) is 9.88 Å². The third-order valence-corrected chi connectivity index (χ3v) is 3.10. The molecule has 3 nitrogen and oxygen atoms in total. The molecule has 1 unspecified atom stereocenters. The first-order valence-corrected chi connectivity index (χ1v) is 6.16. The summed E-state index contributed by atoms with van der Waals surface area (Å²) < 4.78 is 0. The Hall–Kier alpha value is -0.930. The molecule has 0 bridgehead atoms. The molecule has 0 spiro atoms. The highest BCUT2D eigenvalue weighted by Crippen LogP contribution is 2.12. The van der Waals surface area contributed by atoms with Crippen molar-refractivity contribution >= 4 is 0 Å². The molecule has 16 heavy (non-hydrogen) atoms. The summed E-state index contributed by atoms with van der Waals surface area (Å²) in [5.41, 5.74) is 2.30. The molecule has 1 atom stereocenters. The fourth-order valence-electron chi connectivity index (χ4n) is 2.35. The van der Waals surface area contributed by atoms with Crippen molar-refractivity contribution in [3.8, 4) is 0 Å². The Morgan fingerprint density at radius 2 is 2.38 bits per heavy atom. The predicted octanol–water partition coefficient (Wildman–Crippen LogP) is 1.57. The minimum absolute atomic E-state index is 0.676. The van der Waals surface area contributed by atoms with Gasteiger partial charge in [-0.05, 0) is 32.0 Å². The van der Waals surface area contributed by atoms with Crippen LogP contribution in [0.4, 0.5) is 0 Å². The Labute approximate surface area is 97.9 Å². The van der Waals surface area contributed by atoms with Gasteiger partial charge in [-0.15, -0.1) is 0 Å². The second-order valence-corrected chi connectivity index (χ2v) is 4.55. The summed E-state index contributed by atoms with van der Waals surface area (Å²) in [5, 5.41) is 3.51. The molecule has 1 aromatic rings. The van der Waals surface area contributed by atoms with E-state index in [9.17, 15) is 0 Å². The minimum Gasteiger partial charge on any atom is -0.313 e. The third-order valence-electron chi connectivity index (χ3n) is 3.10. The van der Waals surface area contributed by atoms with Crippen LogP contribution in [-0.2, 0) is 6.54 Å². The number of aromatic nitrogens is 1. The lowest BCUT2D eigenvalue weighted by Crippen LogP contribution is -2.32. The zero-order chi connectivity index (χ0) is 11.4. The molecule has 2 rings (SSSR count). The molecule has 1 saturated heterocycles. The van der Waals surface area contributed by atoms with Crippen molar-refractivity contribution in [2.45, 2.75) is 32.9 Å². The van der Waals surface area contributed by atoms with E-state index >= 15 is 0 Å². The van der Waals surface area contributed by atoms with Gasteiger partial charge in [-0.2, -0.15) is 0 Å². The van der Waals surface area contributed by atoms with Crippen LogP contribution in [0.25, 0.3) is 0 Å². The first-order valence-electron chi connectivity index (χ1n) is 6.16. The van der Waals surface area contributed by atoms with Gasteiger partial charge < -0.3 is 5.32 Å². The molecule has 88 valence electrons. The molecule has 1 aliphatic rings. The number of nitrogens with zero attached hydrogens (tertiary/aromatic N) is 2. The molecule has 0 saturated carbocycles. The zero-order valence-corrected chi connectivity index (χ0v) is 10.2. The van der Waals surface area contributed by atoms with Crippen molar-refractivity contribution in [3.63, 3.8) is 0 Å². The molecular formula is C13H21N3. The second-order valence-electron chi connectivity index (χ2n) is 4.55. The van der Waals surface area contributed by atoms with E-state index in [1.807, 2.05) is 0 Å². The highest BCUT2D eigenvalue weighted by molar-refractivity contribution is 5.10. The van der Waals surface area contributed by atoms with Crippen LogP contribution in [0.15, 0.2) is 18.2 Å². The SMILES string of the molecule is CCNC1CCN(Cc2cccc(C)n2)C1. The van der Waals surface area contributed by atoms with Gasteiger partial charge in [-0.25, -0.2) is 0 Å². The van der Waals surface area contributed by atoms with Gasteiger partial charge >= 0.3 is 0 Å². The van der Waals surface area contributed by atoms with E-state index in [2.05, 4.69) is 47.2 Å². The standard InChI is InChI=1S/C13H21N3/c1-3-14-12-7-8-16(9-12)10-13-6-4-5-11(2)15-13/h4-6,12,14H,3,7-10H2,1-2H3. The molecule has 1 aromatic heterocycles. The fraction of sp³-hybridized carbons (Fsp3) is 0.615. The van der Waals surface area contributed by atoms with Crippen molar-refractivity contribution in [2.75, 3.05) is 19.6 Å². The Morgan fingerprint density at radius 3 is 3.12 bits per heavy atom. The Bertz CT molecular complexity index is 338. The minimum atomic E-state index is 0.676. The van der Waals surface area contributed by atoms with Crippen molar-refractivity contribution < 1.29 is 0 Å². The highest BCUT2D eigenvalue weighted by atomic mass is 15.2. The zero-order valence-electron chi connectivity index (χ0n) is 10.2. The molecule has 1 N–H and O–H groups in total. The molecule has 2 heterocycles. The number of nitrogens with one attached hydrogen (secondary N) is 1. The maximum absolute atomic E-state index is 4.55. The fourth-order valence-corrected chi connectivity index (χ4v) is 2.35. The van der Waals surface area contributed by atoms with E-state index in [-0.39, 0.29) is 0 Å². The van der Waals surface area contributed by atoms with Gasteiger partial charge in [-0.1, -0.05) is 13.0 Å². The Morgan fingerprint density at radius 1 is 1.50 bits per heavy atom. The lowest BCUT2D eigenvalue weighted by Gasteiger charge is -2.15. The van der Waals surface area contributed by atoms with E-state index < -0.39 is 0 Å². The number of likely N-dealkylation sites (N-methyl/N-ethyl adjacent to an activating group) is 1. The Kier molecular flexibility index (Phi) is 3.91. The van der Waals surface area contributed by atoms with Gasteiger partial charge in [0.15, 0.2) is 0 Å². The molecule has 1 fully saturated rings. The van der Waals surface area contributed by atoms with Crippen LogP contribution < -0.4 is 5.32 Å². The number of rotatable bonds is 4. The van der Waals surface area contributed by atoms with E-state index in [4.69, 9.17) is 0 Å². The second kappa shape index (κ2) is 5.41. The van der Waals surface area contributed by atoms with Gasteiger partial charge in [0.2, 0.25) is 0 Å². The lowest BCUT2D eigenvalue weighted by molar-refractivity contribution is 0.317. The molecule has 0 aliphatic carbocycles. The monoisotopic (exact) mass is 219 g/mol. The van der Waals surface area contributed by atoms with Crippen LogP contribution in [0.2, 0.25) is 0 Å². The predicted molar refractivity (Wildman–Crippen MR) is 66.3 cm³/mol. The number of aryl methyl sites for hydroxylation is 1. The number of likely N-dealkylation sites (tertiary alicyclic amines) is 1. The van der Waals surface area contributed by atoms with E-state index in [0.717, 1.165) is 25.3 Å². The highest BCUT2D eigenvalue weighted by Gasteiger charge is 2.21. The summed E-state index contributed by atoms with van der Waals surface area (Å²) >= 11 is 0. The third kappa shape index (κ3) is 3.03. The van der Waals surface area contributed by atoms with Crippen molar-refractivity contribution in [2.24, 2.45) is 0 Å². The molecule has 3 heteroatoms. The lowest BCUT2D eigenvalue weighted by atomic mass is 10.3. The van der Waals surface area contributed by atoms with Gasteiger partial charge in [0.25, 0.3) is 0 Å². The summed E-state index contributed by atoms with van der Waals surface area (Å²) in [7, 11) is 0. The quantitative estimate of drug-likeness (QED) is 0.833. The maximum atomic E-state index is 4.55. The number of hydrogen-bond acceptors (Lipinski definition) is 3. The van der Waals surface area contributed by atoms with Crippen LogP contribution in [-0.4, -0.2) is 35.6 Å². The largest absolute Gasteiger partial charge is 0.313 e. The number of pyridine rings is 1. The smallest absolute Gasteiger partial charge is 0.0547 e. The summed E-state index contributed by atoms with van der Waals surface area (Å²) in [6.45, 7) is 8.63. The van der Waals surface area contributed by atoms with Crippen LogP contribution in [0.1, 0.15) is 24.7 Å². The Balaban J connectivity index is 1.87. The first kappa shape index (κ1) is 11.6. The molecule has 0 amide bonds. The summed E-state index contributed by atoms with van der Waals surface area (Å²) in [6, 6.07) is 6.94. The van der Waals surface area contributed by atoms with Crippen LogP contribution in [0.5, 0.6) is 0 Å². The van der Waals surface area contributed by atoms with E-state index in [1.165, 1.54) is 18.7 Å². The van der Waals surface area contributed by atoms with Gasteiger partial charge in [0.05, 0.1) is 5.69 Å². The van der Waals surface area contributed by atoms with Gasteiger partial charge in [0, 0.05) is 31.4 Å². The van der Waals surface area contributed by atoms with Gasteiger partial charge in [0.1, 0.15) is 0 Å². The van der Waals surface area contributed by atoms with Crippen LogP contribution in [0.3, 0.4) is 0 Å². The normalized spacial score (nSPS) is 21.5. The number of hydrogen-bond donors (Lipinski definition) is 1. The summed E-state index contributed by atoms with van der Waals surface area (Å²) in [6.07, 6.45) is 1.26. The topological polar surface area (TPSA) is 28.2 Å². The molecule has 1 aliphatic heterocycles. The maximum Gasteiger partial charge on any atom is 0.0547 e. The first-order chi connectivity index (χ1) is 7.78. The van der Waals surface area contributed by atoms with Crippen molar-refractivity contribution in [3.05, 3.63) is 29.6 Å². The average molecular weight is 219 g/mol. The molecule has 0 radical (unpaired) electrons. The van der Waals surface area contributed by atoms with Crippen molar-refractivity contribution in [1.29, 1.82) is 0 Å².